The van der Waals surface area contributed by atoms with Gasteiger partial charge in [-0.15, -0.1) is 0 Å². The van der Waals surface area contributed by atoms with Gasteiger partial charge in [-0.05, 0) is 24.7 Å². The van der Waals surface area contributed by atoms with Crippen LogP contribution >= 0.6 is 0 Å². The van der Waals surface area contributed by atoms with Gasteiger partial charge in [-0.3, -0.25) is 0 Å². The first-order chi connectivity index (χ1) is 10.0. The third kappa shape index (κ3) is 4.31. The minimum atomic E-state index is -5.28. The second-order valence-electron chi connectivity index (χ2n) is 6.16. The predicted molar refractivity (Wildman–Crippen MR) is 76.5 cm³/mol. The Bertz CT molecular complexity index is 291. The van der Waals surface area contributed by atoms with E-state index in [1.54, 1.807) is 13.8 Å². The number of unbranched alkanes of at least 4 members (excludes halogenated alkanes) is 2. The molecule has 6 heteroatoms. The average molecular weight is 334 g/mol. The molecule has 0 fully saturated rings. The molecule has 0 heterocycles. The smallest absolute Gasteiger partial charge is 0.170 e. The van der Waals surface area contributed by atoms with E-state index in [1.165, 1.54) is 6.92 Å². The molecule has 134 valence electrons. The molecule has 0 spiro atoms. The van der Waals surface area contributed by atoms with E-state index < -0.39 is 29.6 Å². The summed E-state index contributed by atoms with van der Waals surface area (Å²) in [6.45, 7) is 6.09. The fourth-order valence-electron chi connectivity index (χ4n) is 3.53. The molecular formula is C16H28F6. The molecule has 0 aromatic heterocycles. The Labute approximate surface area is 129 Å². The minimum Gasteiger partial charge on any atom is -0.170 e. The maximum Gasteiger partial charge on any atom is 0.403 e. The summed E-state index contributed by atoms with van der Waals surface area (Å²) in [7, 11) is 0. The van der Waals surface area contributed by atoms with Crippen molar-refractivity contribution in [2.24, 2.45) is 17.3 Å². The van der Waals surface area contributed by atoms with Gasteiger partial charge in [0.05, 0.1) is 0 Å². The lowest BCUT2D eigenvalue weighted by atomic mass is 9.62. The largest absolute Gasteiger partial charge is 0.403 e. The molecule has 0 aliphatic carbocycles. The maximum absolute atomic E-state index is 13.7. The molecule has 2 unspecified atom stereocenters. The van der Waals surface area contributed by atoms with Gasteiger partial charge in [0.15, 0.2) is 5.41 Å². The summed E-state index contributed by atoms with van der Waals surface area (Å²) in [5, 5.41) is 0. The van der Waals surface area contributed by atoms with Crippen LogP contribution in [0.2, 0.25) is 0 Å². The fourth-order valence-corrected chi connectivity index (χ4v) is 3.53. The number of rotatable bonds is 9. The van der Waals surface area contributed by atoms with Crippen LogP contribution in [-0.4, -0.2) is 12.4 Å². The second-order valence-corrected chi connectivity index (χ2v) is 6.16. The molecule has 0 saturated carbocycles. The van der Waals surface area contributed by atoms with Gasteiger partial charge in [-0.2, -0.15) is 26.3 Å². The fraction of sp³-hybridized carbons (Fsp3) is 1.00. The summed E-state index contributed by atoms with van der Waals surface area (Å²) in [4.78, 5) is 0. The van der Waals surface area contributed by atoms with Crippen molar-refractivity contribution in [2.75, 3.05) is 0 Å². The topological polar surface area (TPSA) is 0 Å². The van der Waals surface area contributed by atoms with Crippen LogP contribution in [0.15, 0.2) is 0 Å². The SMILES string of the molecule is CCCCC(C)C(C(CC)CCCC)(C(F)(F)F)C(F)(F)F. The highest BCUT2D eigenvalue weighted by Crippen LogP contribution is 2.62. The van der Waals surface area contributed by atoms with Gasteiger partial charge in [0.25, 0.3) is 0 Å². The lowest BCUT2D eigenvalue weighted by molar-refractivity contribution is -0.377. The van der Waals surface area contributed by atoms with E-state index >= 15 is 0 Å². The Morgan fingerprint density at radius 2 is 1.14 bits per heavy atom. The Hall–Kier alpha value is -0.420. The predicted octanol–water partition coefficient (Wildman–Crippen LogP) is 7.14. The molecule has 0 aromatic rings. The third-order valence-electron chi connectivity index (χ3n) is 4.75. The van der Waals surface area contributed by atoms with E-state index in [2.05, 4.69) is 0 Å². The second kappa shape index (κ2) is 8.44. The lowest BCUT2D eigenvalue weighted by Crippen LogP contribution is -2.58. The molecule has 0 aliphatic heterocycles. The molecule has 0 N–H and O–H groups in total. The van der Waals surface area contributed by atoms with Crippen molar-refractivity contribution in [3.8, 4) is 0 Å². The van der Waals surface area contributed by atoms with Gasteiger partial charge in [-0.1, -0.05) is 59.8 Å². The zero-order valence-electron chi connectivity index (χ0n) is 13.9. The van der Waals surface area contributed by atoms with Crippen LogP contribution in [-0.2, 0) is 0 Å². The van der Waals surface area contributed by atoms with Crippen LogP contribution in [0.5, 0.6) is 0 Å². The average Bonchev–Trinajstić information content (AvgIpc) is 2.37. The third-order valence-corrected chi connectivity index (χ3v) is 4.75. The molecule has 0 rings (SSSR count). The first-order valence-corrected chi connectivity index (χ1v) is 8.13. The van der Waals surface area contributed by atoms with E-state index in [-0.39, 0.29) is 19.3 Å². The number of halogens is 6. The van der Waals surface area contributed by atoms with Crippen molar-refractivity contribution in [1.82, 2.24) is 0 Å². The van der Waals surface area contributed by atoms with Gasteiger partial charge in [0, 0.05) is 0 Å². The van der Waals surface area contributed by atoms with E-state index in [9.17, 15) is 26.3 Å². The van der Waals surface area contributed by atoms with Crippen molar-refractivity contribution in [1.29, 1.82) is 0 Å². The quantitative estimate of drug-likeness (QED) is 0.393. The van der Waals surface area contributed by atoms with Crippen molar-refractivity contribution in [2.45, 2.75) is 85.0 Å². The summed E-state index contributed by atoms with van der Waals surface area (Å²) in [6, 6.07) is 0. The lowest BCUT2D eigenvalue weighted by Gasteiger charge is -2.47. The van der Waals surface area contributed by atoms with Gasteiger partial charge in [-0.25, -0.2) is 0 Å². The van der Waals surface area contributed by atoms with Crippen molar-refractivity contribution >= 4 is 0 Å². The molecular weight excluding hydrogens is 306 g/mol. The van der Waals surface area contributed by atoms with Crippen LogP contribution in [0.4, 0.5) is 26.3 Å². The Kier molecular flexibility index (Phi) is 8.28. The van der Waals surface area contributed by atoms with Crippen LogP contribution < -0.4 is 0 Å². The van der Waals surface area contributed by atoms with Crippen LogP contribution in [0, 0.1) is 17.3 Å². The summed E-state index contributed by atoms with van der Waals surface area (Å²) in [5.74, 6) is -2.88. The number of alkyl halides is 6. The molecule has 0 aliphatic rings. The normalized spacial score (nSPS) is 16.6. The van der Waals surface area contributed by atoms with Crippen LogP contribution in [0.3, 0.4) is 0 Å². The van der Waals surface area contributed by atoms with E-state index in [0.717, 1.165) is 6.92 Å². The highest BCUT2D eigenvalue weighted by Gasteiger charge is 2.74. The molecule has 2 atom stereocenters. The molecule has 0 aromatic carbocycles. The Morgan fingerprint density at radius 1 is 0.727 bits per heavy atom. The highest BCUT2D eigenvalue weighted by atomic mass is 19.4. The maximum atomic E-state index is 13.7. The highest BCUT2D eigenvalue weighted by molar-refractivity contribution is 5.01. The van der Waals surface area contributed by atoms with Crippen molar-refractivity contribution in [3.05, 3.63) is 0 Å². The zero-order valence-corrected chi connectivity index (χ0v) is 13.9. The van der Waals surface area contributed by atoms with Crippen molar-refractivity contribution < 1.29 is 26.3 Å². The van der Waals surface area contributed by atoms with Gasteiger partial charge in [0.2, 0.25) is 0 Å². The first-order valence-electron chi connectivity index (χ1n) is 8.13. The van der Waals surface area contributed by atoms with E-state index in [0.29, 0.717) is 25.7 Å². The molecule has 0 amide bonds. The number of hydrogen-bond acceptors (Lipinski definition) is 0. The molecule has 0 radical (unpaired) electrons. The summed E-state index contributed by atoms with van der Waals surface area (Å²) < 4.78 is 82.2. The molecule has 0 nitrogen and oxygen atoms in total. The minimum absolute atomic E-state index is 0.0392. The van der Waals surface area contributed by atoms with E-state index in [4.69, 9.17) is 0 Å². The van der Waals surface area contributed by atoms with Crippen LogP contribution in [0.1, 0.15) is 72.6 Å². The first kappa shape index (κ1) is 21.6. The van der Waals surface area contributed by atoms with Gasteiger partial charge >= 0.3 is 12.4 Å². The Balaban J connectivity index is 5.97. The van der Waals surface area contributed by atoms with Gasteiger partial charge < -0.3 is 0 Å². The molecule has 22 heavy (non-hydrogen) atoms. The van der Waals surface area contributed by atoms with Crippen LogP contribution in [0.25, 0.3) is 0 Å². The van der Waals surface area contributed by atoms with Crippen molar-refractivity contribution in [3.63, 3.8) is 0 Å². The molecule has 0 bridgehead atoms. The molecule has 0 saturated heterocycles. The summed E-state index contributed by atoms with van der Waals surface area (Å²) in [5.41, 5.74) is -3.60. The summed E-state index contributed by atoms with van der Waals surface area (Å²) in [6.07, 6.45) is -8.85. The number of hydrogen-bond donors (Lipinski definition) is 0. The van der Waals surface area contributed by atoms with Gasteiger partial charge in [0.1, 0.15) is 0 Å². The van der Waals surface area contributed by atoms with E-state index in [1.807, 2.05) is 0 Å². The Morgan fingerprint density at radius 3 is 1.45 bits per heavy atom. The standard InChI is InChI=1S/C16H28F6/c1-5-8-10-12(4)14(15(17,18)19,16(20,21)22)13(7-3)11-9-6-2/h12-13H,5-11H2,1-4H3. The zero-order chi connectivity index (χ0) is 17.6. The summed E-state index contributed by atoms with van der Waals surface area (Å²) >= 11 is 0. The monoisotopic (exact) mass is 334 g/mol.